The zero-order valence-corrected chi connectivity index (χ0v) is 17.4. The van der Waals surface area contributed by atoms with Gasteiger partial charge in [0.2, 0.25) is 11.7 Å². The first-order valence-electron chi connectivity index (χ1n) is 9.77. The first kappa shape index (κ1) is 21.1. The molecule has 0 bridgehead atoms. The maximum absolute atomic E-state index is 12.2. The molecule has 0 aliphatic rings. The number of carbonyl (C=O) groups excluding carboxylic acids is 1. The second-order valence-corrected chi connectivity index (χ2v) is 7.26. The van der Waals surface area contributed by atoms with E-state index in [0.29, 0.717) is 18.9 Å². The van der Waals surface area contributed by atoms with Gasteiger partial charge in [-0.1, -0.05) is 37.1 Å². The van der Waals surface area contributed by atoms with E-state index in [1.165, 1.54) is 10.4 Å². The Balaban J connectivity index is 1.60. The molecule has 0 aliphatic carbocycles. The zero-order valence-electron chi connectivity index (χ0n) is 17.4. The minimum absolute atomic E-state index is 0.0537. The van der Waals surface area contributed by atoms with Crippen LogP contribution in [0.4, 0.5) is 0 Å². The minimum atomic E-state index is -0.686. The largest absolute Gasteiger partial charge is 0.489 e. The van der Waals surface area contributed by atoms with Gasteiger partial charge in [-0.05, 0) is 60.9 Å². The number of rotatable bonds is 8. The van der Waals surface area contributed by atoms with Gasteiger partial charge < -0.3 is 10.1 Å². The molecule has 3 rings (SSSR count). The van der Waals surface area contributed by atoms with Gasteiger partial charge in [0, 0.05) is 5.56 Å². The summed E-state index contributed by atoms with van der Waals surface area (Å²) in [6.07, 6.45) is 6.12. The van der Waals surface area contributed by atoms with E-state index in [2.05, 4.69) is 45.7 Å². The van der Waals surface area contributed by atoms with E-state index in [4.69, 9.17) is 11.2 Å². The maximum Gasteiger partial charge on any atom is 0.244 e. The van der Waals surface area contributed by atoms with Crippen molar-refractivity contribution in [3.05, 3.63) is 59.7 Å². The van der Waals surface area contributed by atoms with Gasteiger partial charge in [0.05, 0.1) is 5.54 Å². The molecule has 7 nitrogen and oxygen atoms in total. The normalized spacial score (nSPS) is 12.6. The van der Waals surface area contributed by atoms with Gasteiger partial charge in [-0.3, -0.25) is 4.79 Å². The highest BCUT2D eigenvalue weighted by Crippen LogP contribution is 2.20. The lowest BCUT2D eigenvalue weighted by Gasteiger charge is -2.22. The van der Waals surface area contributed by atoms with Crippen molar-refractivity contribution in [1.82, 2.24) is 25.5 Å². The number of ether oxygens (including phenoxy) is 1. The molecule has 0 spiro atoms. The van der Waals surface area contributed by atoms with Crippen molar-refractivity contribution in [2.24, 2.45) is 0 Å². The van der Waals surface area contributed by atoms with Crippen LogP contribution >= 0.6 is 0 Å². The van der Waals surface area contributed by atoms with Crippen LogP contribution < -0.4 is 10.1 Å². The Kier molecular flexibility index (Phi) is 6.48. The van der Waals surface area contributed by atoms with Crippen LogP contribution in [-0.4, -0.2) is 31.7 Å². The minimum Gasteiger partial charge on any atom is -0.489 e. The summed E-state index contributed by atoms with van der Waals surface area (Å²) in [4.78, 5) is 13.4. The van der Waals surface area contributed by atoms with Crippen LogP contribution in [0.15, 0.2) is 48.5 Å². The lowest BCUT2D eigenvalue weighted by atomic mass is 10.0. The van der Waals surface area contributed by atoms with Gasteiger partial charge >= 0.3 is 0 Å². The number of hydrogen-bond acceptors (Lipinski definition) is 5. The number of aryl methyl sites for hydroxylation is 1. The fourth-order valence-electron chi connectivity index (χ4n) is 2.76. The van der Waals surface area contributed by atoms with Crippen LogP contribution in [0.5, 0.6) is 5.75 Å². The van der Waals surface area contributed by atoms with Crippen molar-refractivity contribution < 1.29 is 9.53 Å². The summed E-state index contributed by atoms with van der Waals surface area (Å²) in [5.74, 6) is 3.52. The van der Waals surface area contributed by atoms with Crippen LogP contribution in [0, 0.1) is 19.3 Å². The Hall–Kier alpha value is -3.66. The van der Waals surface area contributed by atoms with Crippen molar-refractivity contribution in [2.75, 3.05) is 0 Å². The third kappa shape index (κ3) is 5.23. The Bertz CT molecular complexity index is 1050. The van der Waals surface area contributed by atoms with Gasteiger partial charge in [-0.15, -0.1) is 16.6 Å². The molecule has 0 saturated carbocycles. The summed E-state index contributed by atoms with van der Waals surface area (Å²) in [5.41, 5.74) is 2.44. The molecule has 2 aromatic carbocycles. The Morgan fingerprint density at radius 3 is 2.63 bits per heavy atom. The molecule has 1 atom stereocenters. The molecular formula is C23H25N5O2. The summed E-state index contributed by atoms with van der Waals surface area (Å²) in [6, 6.07) is 15.6. The summed E-state index contributed by atoms with van der Waals surface area (Å²) in [5, 5.41) is 15.1. The predicted octanol–water partition coefficient (Wildman–Crippen LogP) is 3.15. The molecule has 0 radical (unpaired) electrons. The number of nitrogens with one attached hydrogen (secondary N) is 1. The predicted molar refractivity (Wildman–Crippen MR) is 114 cm³/mol. The molecule has 154 valence electrons. The number of hydrogen-bond donors (Lipinski definition) is 1. The second kappa shape index (κ2) is 9.23. The molecule has 3 aromatic rings. The smallest absolute Gasteiger partial charge is 0.244 e. The Morgan fingerprint density at radius 1 is 1.23 bits per heavy atom. The van der Waals surface area contributed by atoms with Crippen molar-refractivity contribution in [1.29, 1.82) is 0 Å². The highest BCUT2D eigenvalue weighted by Gasteiger charge is 2.21. The van der Waals surface area contributed by atoms with Gasteiger partial charge in [-0.2, -0.15) is 4.80 Å². The number of terminal acetylenes is 1. The first-order valence-corrected chi connectivity index (χ1v) is 9.77. The number of tetrazole rings is 1. The monoisotopic (exact) mass is 403 g/mol. The fourth-order valence-corrected chi connectivity index (χ4v) is 2.76. The lowest BCUT2D eigenvalue weighted by Crippen LogP contribution is -2.45. The molecular weight excluding hydrogens is 378 g/mol. The van der Waals surface area contributed by atoms with E-state index in [9.17, 15) is 4.79 Å². The van der Waals surface area contributed by atoms with Gasteiger partial charge in [0.15, 0.2) is 0 Å². The lowest BCUT2D eigenvalue weighted by molar-refractivity contribution is -0.123. The Labute approximate surface area is 176 Å². The number of amides is 1. The number of aromatic nitrogens is 4. The van der Waals surface area contributed by atoms with E-state index in [-0.39, 0.29) is 12.5 Å². The highest BCUT2D eigenvalue weighted by molar-refractivity contribution is 5.77. The Morgan fingerprint density at radius 2 is 1.97 bits per heavy atom. The summed E-state index contributed by atoms with van der Waals surface area (Å²) in [6.45, 7) is 6.23. The van der Waals surface area contributed by atoms with E-state index < -0.39 is 5.54 Å². The standard InChI is InChI=1S/C23H25N5O2/c1-5-23(4,6-2)24-21(29)15-28-26-22(25-27-28)18-11-13-20(14-12-18)30-16-19-10-8-7-9-17(19)3/h1,7-14H,6,15-16H2,2-4H3,(H,24,29)/t23-/m1/s1. The highest BCUT2D eigenvalue weighted by atomic mass is 16.5. The number of benzene rings is 2. The van der Waals surface area contributed by atoms with Gasteiger partial charge in [-0.25, -0.2) is 0 Å². The van der Waals surface area contributed by atoms with E-state index in [0.717, 1.165) is 16.9 Å². The van der Waals surface area contributed by atoms with Crippen molar-refractivity contribution in [3.8, 4) is 29.5 Å². The quantitative estimate of drug-likeness (QED) is 0.585. The average Bonchev–Trinajstić information content (AvgIpc) is 3.21. The number of carbonyl (C=O) groups is 1. The summed E-state index contributed by atoms with van der Waals surface area (Å²) < 4.78 is 5.86. The van der Waals surface area contributed by atoms with Gasteiger partial charge in [0.1, 0.15) is 18.9 Å². The molecule has 1 N–H and O–H groups in total. The fraction of sp³-hybridized carbons (Fsp3) is 0.304. The van der Waals surface area contributed by atoms with Crippen LogP contribution in [0.3, 0.4) is 0 Å². The third-order valence-corrected chi connectivity index (χ3v) is 4.95. The molecule has 0 fully saturated rings. The third-order valence-electron chi connectivity index (χ3n) is 4.95. The van der Waals surface area contributed by atoms with Crippen LogP contribution in [0.1, 0.15) is 31.4 Å². The molecule has 1 heterocycles. The SMILES string of the molecule is C#C[C@](C)(CC)NC(=O)Cn1nnc(-c2ccc(OCc3ccccc3C)cc2)n1. The van der Waals surface area contributed by atoms with Crippen LogP contribution in [-0.2, 0) is 17.9 Å². The summed E-state index contributed by atoms with van der Waals surface area (Å²) >= 11 is 0. The maximum atomic E-state index is 12.2. The van der Waals surface area contributed by atoms with E-state index >= 15 is 0 Å². The van der Waals surface area contributed by atoms with Crippen molar-refractivity contribution in [3.63, 3.8) is 0 Å². The molecule has 30 heavy (non-hydrogen) atoms. The van der Waals surface area contributed by atoms with Crippen molar-refractivity contribution >= 4 is 5.91 Å². The molecule has 0 aliphatic heterocycles. The molecule has 1 aromatic heterocycles. The van der Waals surface area contributed by atoms with Crippen LogP contribution in [0.2, 0.25) is 0 Å². The molecule has 7 heteroatoms. The number of nitrogens with zero attached hydrogens (tertiary/aromatic N) is 4. The van der Waals surface area contributed by atoms with Crippen LogP contribution in [0.25, 0.3) is 11.4 Å². The zero-order chi connectivity index (χ0) is 21.6. The van der Waals surface area contributed by atoms with Crippen molar-refractivity contribution in [2.45, 2.75) is 45.9 Å². The van der Waals surface area contributed by atoms with E-state index in [1.807, 2.05) is 43.3 Å². The molecule has 1 amide bonds. The second-order valence-electron chi connectivity index (χ2n) is 7.26. The molecule has 0 saturated heterocycles. The average molecular weight is 403 g/mol. The topological polar surface area (TPSA) is 81.9 Å². The summed E-state index contributed by atoms with van der Waals surface area (Å²) in [7, 11) is 0. The first-order chi connectivity index (χ1) is 14.4. The van der Waals surface area contributed by atoms with Gasteiger partial charge in [0.25, 0.3) is 0 Å². The van der Waals surface area contributed by atoms with E-state index in [1.54, 1.807) is 6.92 Å². The molecule has 0 unspecified atom stereocenters.